The van der Waals surface area contributed by atoms with Crippen molar-refractivity contribution in [2.24, 2.45) is 0 Å². The molecule has 1 aliphatic carbocycles. The number of tetrazole rings is 1. The lowest BCUT2D eigenvalue weighted by molar-refractivity contribution is 0.0927. The van der Waals surface area contributed by atoms with Crippen LogP contribution in [0.2, 0.25) is 0 Å². The number of carbonyl (C=O) groups excluding carboxylic acids is 1. The van der Waals surface area contributed by atoms with Gasteiger partial charge in [-0.3, -0.25) is 4.79 Å². The molecule has 1 amide bonds. The van der Waals surface area contributed by atoms with E-state index >= 15 is 0 Å². The molecule has 2 aromatic heterocycles. The van der Waals surface area contributed by atoms with Gasteiger partial charge < -0.3 is 5.32 Å². The number of hydrogen-bond donors (Lipinski definition) is 2. The maximum absolute atomic E-state index is 12.7. The highest BCUT2D eigenvalue weighted by Gasteiger charge is 2.23. The number of rotatable bonds is 7. The summed E-state index contributed by atoms with van der Waals surface area (Å²) in [6.45, 7) is 4.10. The molecule has 0 unspecified atom stereocenters. The molecule has 174 valence electrons. The Hall–Kier alpha value is -3.88. The number of benzene rings is 2. The second kappa shape index (κ2) is 9.54. The summed E-state index contributed by atoms with van der Waals surface area (Å²) in [7, 11) is 0. The summed E-state index contributed by atoms with van der Waals surface area (Å²) in [6.07, 6.45) is 4.99. The lowest BCUT2D eigenvalue weighted by atomic mass is 9.98. The molecule has 2 N–H and O–H groups in total. The number of H-pyrrole nitrogens is 1. The minimum Gasteiger partial charge on any atom is -0.347 e. The van der Waals surface area contributed by atoms with E-state index < -0.39 is 0 Å². The summed E-state index contributed by atoms with van der Waals surface area (Å²) >= 11 is 0. The Bertz CT molecular complexity index is 1250. The SMILES string of the molecule is CC(C)n1nc(C(=O)NC2CCCC2)nc1Cc1ccc(-c2ccccc2-c2nn[nH]n2)cc1. The first-order valence-electron chi connectivity index (χ1n) is 11.8. The van der Waals surface area contributed by atoms with Crippen molar-refractivity contribution in [3.05, 3.63) is 65.7 Å². The van der Waals surface area contributed by atoms with E-state index in [1.807, 2.05) is 28.9 Å². The zero-order chi connectivity index (χ0) is 23.5. The minimum absolute atomic E-state index is 0.108. The van der Waals surface area contributed by atoms with Gasteiger partial charge in [0.25, 0.3) is 5.91 Å². The van der Waals surface area contributed by atoms with E-state index in [2.05, 4.69) is 74.1 Å². The standard InChI is InChI=1S/C25H28N8O/c1-16(2)33-22(27-24(30-33)25(34)26-19-7-3-4-8-19)15-17-11-13-18(14-12-17)20-9-5-6-10-21(20)23-28-31-32-29-23/h5-6,9-14,16,19H,3-4,7-8,15H2,1-2H3,(H,26,34)(H,28,29,31,32). The third kappa shape index (κ3) is 4.59. The fourth-order valence-corrected chi connectivity index (χ4v) is 4.50. The average molecular weight is 457 g/mol. The van der Waals surface area contributed by atoms with Gasteiger partial charge in [-0.1, -0.05) is 61.4 Å². The summed E-state index contributed by atoms with van der Waals surface area (Å²) in [6, 6.07) is 16.7. The van der Waals surface area contributed by atoms with Crippen LogP contribution in [-0.4, -0.2) is 47.3 Å². The molecule has 0 bridgehead atoms. The van der Waals surface area contributed by atoms with E-state index in [0.717, 1.165) is 40.9 Å². The Morgan fingerprint density at radius 1 is 1.09 bits per heavy atom. The Morgan fingerprint density at radius 2 is 1.82 bits per heavy atom. The minimum atomic E-state index is -0.180. The smallest absolute Gasteiger partial charge is 0.291 e. The van der Waals surface area contributed by atoms with E-state index in [9.17, 15) is 4.79 Å². The molecule has 1 fully saturated rings. The van der Waals surface area contributed by atoms with Gasteiger partial charge in [0.05, 0.1) is 0 Å². The highest BCUT2D eigenvalue weighted by Crippen LogP contribution is 2.30. The van der Waals surface area contributed by atoms with Crippen LogP contribution in [0.5, 0.6) is 0 Å². The fourth-order valence-electron chi connectivity index (χ4n) is 4.50. The Kier molecular flexibility index (Phi) is 6.16. The van der Waals surface area contributed by atoms with Gasteiger partial charge in [-0.25, -0.2) is 9.67 Å². The van der Waals surface area contributed by atoms with Crippen LogP contribution in [0.25, 0.3) is 22.5 Å². The predicted octanol–water partition coefficient (Wildman–Crippen LogP) is 3.97. The summed E-state index contributed by atoms with van der Waals surface area (Å²) in [5.74, 6) is 1.42. The van der Waals surface area contributed by atoms with Crippen LogP contribution >= 0.6 is 0 Å². The third-order valence-corrected chi connectivity index (χ3v) is 6.22. The van der Waals surface area contributed by atoms with E-state index in [0.29, 0.717) is 12.2 Å². The number of amides is 1. The molecule has 1 aliphatic rings. The first kappa shape index (κ1) is 21.9. The van der Waals surface area contributed by atoms with E-state index in [4.69, 9.17) is 0 Å². The van der Waals surface area contributed by atoms with Gasteiger partial charge in [-0.15, -0.1) is 15.3 Å². The second-order valence-corrected chi connectivity index (χ2v) is 9.00. The quantitative estimate of drug-likeness (QED) is 0.435. The Labute approximate surface area is 198 Å². The van der Waals surface area contributed by atoms with Gasteiger partial charge >= 0.3 is 0 Å². The van der Waals surface area contributed by atoms with Crippen molar-refractivity contribution in [1.82, 2.24) is 40.7 Å². The molecule has 5 rings (SSSR count). The maximum Gasteiger partial charge on any atom is 0.291 e. The summed E-state index contributed by atoms with van der Waals surface area (Å²) < 4.78 is 1.85. The molecule has 0 radical (unpaired) electrons. The van der Waals surface area contributed by atoms with Crippen molar-refractivity contribution < 1.29 is 4.79 Å². The van der Waals surface area contributed by atoms with Gasteiger partial charge in [0, 0.05) is 24.1 Å². The number of carbonyl (C=O) groups is 1. The highest BCUT2D eigenvalue weighted by molar-refractivity contribution is 5.90. The molecule has 0 saturated heterocycles. The average Bonchev–Trinajstić information content (AvgIpc) is 3.62. The number of aromatic amines is 1. The van der Waals surface area contributed by atoms with Crippen LogP contribution in [0.1, 0.15) is 67.6 Å². The lowest BCUT2D eigenvalue weighted by Crippen LogP contribution is -2.33. The zero-order valence-electron chi connectivity index (χ0n) is 19.4. The fraction of sp³-hybridized carbons (Fsp3) is 0.360. The largest absolute Gasteiger partial charge is 0.347 e. The topological polar surface area (TPSA) is 114 Å². The van der Waals surface area contributed by atoms with Gasteiger partial charge in [0.15, 0.2) is 0 Å². The Balaban J connectivity index is 1.36. The molecule has 9 heteroatoms. The molecule has 4 aromatic rings. The van der Waals surface area contributed by atoms with E-state index in [1.54, 1.807) is 0 Å². The maximum atomic E-state index is 12.7. The van der Waals surface area contributed by atoms with Crippen molar-refractivity contribution in [3.8, 4) is 22.5 Å². The number of hydrogen-bond acceptors (Lipinski definition) is 6. The molecule has 2 heterocycles. The van der Waals surface area contributed by atoms with Gasteiger partial charge in [0.2, 0.25) is 11.6 Å². The second-order valence-electron chi connectivity index (χ2n) is 9.00. The van der Waals surface area contributed by atoms with Gasteiger partial charge in [0.1, 0.15) is 5.82 Å². The first-order valence-corrected chi connectivity index (χ1v) is 11.8. The molecule has 0 spiro atoms. The van der Waals surface area contributed by atoms with Crippen LogP contribution in [-0.2, 0) is 6.42 Å². The van der Waals surface area contributed by atoms with Crippen LogP contribution < -0.4 is 5.32 Å². The molecule has 34 heavy (non-hydrogen) atoms. The van der Waals surface area contributed by atoms with E-state index in [-0.39, 0.29) is 23.8 Å². The molecular weight excluding hydrogens is 428 g/mol. The molecule has 1 saturated carbocycles. The zero-order valence-corrected chi connectivity index (χ0v) is 19.4. The summed E-state index contributed by atoms with van der Waals surface area (Å²) in [5.41, 5.74) is 4.11. The lowest BCUT2D eigenvalue weighted by Gasteiger charge is -2.10. The summed E-state index contributed by atoms with van der Waals surface area (Å²) in [5, 5.41) is 22.0. The van der Waals surface area contributed by atoms with Crippen LogP contribution in [0.3, 0.4) is 0 Å². The molecule has 9 nitrogen and oxygen atoms in total. The molecule has 0 atom stereocenters. The molecular formula is C25H28N8O. The van der Waals surface area contributed by atoms with Gasteiger partial charge in [-0.2, -0.15) is 5.21 Å². The van der Waals surface area contributed by atoms with Crippen molar-refractivity contribution in [3.63, 3.8) is 0 Å². The normalized spacial score (nSPS) is 14.1. The Morgan fingerprint density at radius 3 is 2.50 bits per heavy atom. The van der Waals surface area contributed by atoms with Crippen LogP contribution in [0.4, 0.5) is 0 Å². The van der Waals surface area contributed by atoms with Gasteiger partial charge in [-0.05, 0) is 48.6 Å². The highest BCUT2D eigenvalue weighted by atomic mass is 16.2. The number of nitrogens with one attached hydrogen (secondary N) is 2. The first-order chi connectivity index (χ1) is 16.6. The van der Waals surface area contributed by atoms with Crippen molar-refractivity contribution in [2.75, 3.05) is 0 Å². The number of nitrogens with zero attached hydrogens (tertiary/aromatic N) is 6. The third-order valence-electron chi connectivity index (χ3n) is 6.22. The predicted molar refractivity (Wildman–Crippen MR) is 128 cm³/mol. The van der Waals surface area contributed by atoms with Crippen molar-refractivity contribution >= 4 is 5.91 Å². The van der Waals surface area contributed by atoms with Crippen molar-refractivity contribution in [2.45, 2.75) is 58.0 Å². The van der Waals surface area contributed by atoms with Crippen LogP contribution in [0, 0.1) is 0 Å². The summed E-state index contributed by atoms with van der Waals surface area (Å²) in [4.78, 5) is 17.3. The molecule has 2 aromatic carbocycles. The van der Waals surface area contributed by atoms with E-state index in [1.165, 1.54) is 12.8 Å². The monoisotopic (exact) mass is 456 g/mol. The van der Waals surface area contributed by atoms with Crippen molar-refractivity contribution in [1.29, 1.82) is 0 Å². The number of aromatic nitrogens is 7. The van der Waals surface area contributed by atoms with Crippen LogP contribution in [0.15, 0.2) is 48.5 Å². The molecule has 0 aliphatic heterocycles.